The van der Waals surface area contributed by atoms with Crippen LogP contribution in [0.1, 0.15) is 11.3 Å². The Hall–Kier alpha value is -1.59. The normalized spacial score (nSPS) is 11.9. The van der Waals surface area contributed by atoms with E-state index >= 15 is 0 Å². The van der Waals surface area contributed by atoms with Gasteiger partial charge in [0.1, 0.15) is 0 Å². The molecule has 0 aliphatic heterocycles. The van der Waals surface area contributed by atoms with Crippen LogP contribution in [-0.2, 0) is 23.1 Å². The second-order valence-corrected chi connectivity index (χ2v) is 6.58. The summed E-state index contributed by atoms with van der Waals surface area (Å²) in [6.07, 6.45) is 2.80. The molecule has 0 saturated carbocycles. The molecule has 5 heteroatoms. The van der Waals surface area contributed by atoms with Gasteiger partial charge in [0.15, 0.2) is 0 Å². The molecule has 19 heavy (non-hydrogen) atoms. The molecule has 4 nitrogen and oxygen atoms in total. The van der Waals surface area contributed by atoms with E-state index in [1.54, 1.807) is 12.3 Å². The van der Waals surface area contributed by atoms with E-state index in [0.717, 1.165) is 12.2 Å². The largest absolute Gasteiger partial charge is 0.296 e. The Balaban J connectivity index is 2.08. The van der Waals surface area contributed by atoms with Crippen molar-refractivity contribution in [3.8, 4) is 0 Å². The molecule has 0 saturated heterocycles. The summed E-state index contributed by atoms with van der Waals surface area (Å²) in [4.78, 5) is 2.09. The van der Waals surface area contributed by atoms with Crippen molar-refractivity contribution in [3.05, 3.63) is 59.9 Å². The molecule has 0 radical (unpaired) electrons. The third kappa shape index (κ3) is 3.68. The second-order valence-electron chi connectivity index (χ2n) is 4.72. The fourth-order valence-electron chi connectivity index (χ4n) is 2.07. The quantitative estimate of drug-likeness (QED) is 0.839. The summed E-state index contributed by atoms with van der Waals surface area (Å²) in [6, 6.07) is 13.7. The minimum Gasteiger partial charge on any atom is -0.296 e. The molecule has 2 aromatic rings. The van der Waals surface area contributed by atoms with Crippen LogP contribution in [0.15, 0.2) is 48.7 Å². The number of rotatable bonds is 5. The molecule has 1 heterocycles. The zero-order valence-corrected chi connectivity index (χ0v) is 12.0. The van der Waals surface area contributed by atoms with Gasteiger partial charge >= 0.3 is 0 Å². The van der Waals surface area contributed by atoms with Crippen molar-refractivity contribution < 1.29 is 8.42 Å². The Labute approximate surface area is 114 Å². The molecule has 0 bridgehead atoms. The average molecular weight is 278 g/mol. The van der Waals surface area contributed by atoms with Crippen LogP contribution in [0.4, 0.5) is 0 Å². The van der Waals surface area contributed by atoms with E-state index in [4.69, 9.17) is 0 Å². The lowest BCUT2D eigenvalue weighted by molar-refractivity contribution is 0.314. The molecule has 0 spiro atoms. The van der Waals surface area contributed by atoms with Crippen molar-refractivity contribution in [2.45, 2.75) is 13.1 Å². The van der Waals surface area contributed by atoms with Crippen molar-refractivity contribution in [2.24, 2.45) is 0 Å². The Kier molecular flexibility index (Phi) is 4.07. The van der Waals surface area contributed by atoms with Gasteiger partial charge in [-0.3, -0.25) is 4.90 Å². The summed E-state index contributed by atoms with van der Waals surface area (Å²) >= 11 is 0. The van der Waals surface area contributed by atoms with Crippen LogP contribution in [0.2, 0.25) is 0 Å². The minimum absolute atomic E-state index is 0.592. The molecule has 1 aromatic heterocycles. The molecule has 0 amide bonds. The van der Waals surface area contributed by atoms with Crippen LogP contribution in [0, 0.1) is 0 Å². The molecule has 0 aliphatic rings. The average Bonchev–Trinajstić information content (AvgIpc) is 2.78. The highest BCUT2D eigenvalue weighted by molar-refractivity contribution is 7.89. The lowest BCUT2D eigenvalue weighted by Crippen LogP contribution is -2.21. The number of nitrogens with zero attached hydrogens (tertiary/aromatic N) is 2. The number of aromatic nitrogens is 1. The highest BCUT2D eigenvalue weighted by Gasteiger charge is 2.11. The van der Waals surface area contributed by atoms with Crippen LogP contribution in [-0.4, -0.2) is 30.6 Å². The Morgan fingerprint density at radius 2 is 1.74 bits per heavy atom. The molecule has 0 unspecified atom stereocenters. The van der Waals surface area contributed by atoms with Crippen molar-refractivity contribution in [3.63, 3.8) is 0 Å². The third-order valence-corrected chi connectivity index (χ3v) is 3.95. The van der Waals surface area contributed by atoms with E-state index in [1.165, 1.54) is 15.8 Å². The second kappa shape index (κ2) is 5.59. The van der Waals surface area contributed by atoms with Gasteiger partial charge in [0.25, 0.3) is 0 Å². The van der Waals surface area contributed by atoms with Gasteiger partial charge in [-0.05, 0) is 24.7 Å². The standard InChI is InChI=1S/C14H18N2O2S/c1-15(11-13-7-4-3-5-8-13)12-14-9-6-10-16(14)19(2,17)18/h3-10H,11-12H2,1-2H3. The molecule has 102 valence electrons. The molecular weight excluding hydrogens is 260 g/mol. The van der Waals surface area contributed by atoms with Gasteiger partial charge in [-0.2, -0.15) is 0 Å². The molecule has 0 fully saturated rings. The molecule has 0 N–H and O–H groups in total. The lowest BCUT2D eigenvalue weighted by Gasteiger charge is -2.17. The lowest BCUT2D eigenvalue weighted by atomic mass is 10.2. The van der Waals surface area contributed by atoms with E-state index in [2.05, 4.69) is 17.0 Å². The van der Waals surface area contributed by atoms with Gasteiger partial charge in [-0.15, -0.1) is 0 Å². The van der Waals surface area contributed by atoms with Crippen molar-refractivity contribution in [1.29, 1.82) is 0 Å². The number of hydrogen-bond donors (Lipinski definition) is 0. The Morgan fingerprint density at radius 3 is 2.37 bits per heavy atom. The van der Waals surface area contributed by atoms with E-state index in [9.17, 15) is 8.42 Å². The maximum Gasteiger partial charge on any atom is 0.235 e. The molecule has 0 aliphatic carbocycles. The summed E-state index contributed by atoms with van der Waals surface area (Å²) in [5.74, 6) is 0. The monoisotopic (exact) mass is 278 g/mol. The summed E-state index contributed by atoms with van der Waals surface area (Å²) < 4.78 is 24.5. The fraction of sp³-hybridized carbons (Fsp3) is 0.286. The van der Waals surface area contributed by atoms with Gasteiger partial charge in [0.05, 0.1) is 6.26 Å². The van der Waals surface area contributed by atoms with Crippen LogP contribution in [0.3, 0.4) is 0 Å². The first-order valence-electron chi connectivity index (χ1n) is 6.06. The maximum absolute atomic E-state index is 11.6. The first kappa shape index (κ1) is 13.8. The Morgan fingerprint density at radius 1 is 1.05 bits per heavy atom. The number of benzene rings is 1. The highest BCUT2D eigenvalue weighted by Crippen LogP contribution is 2.10. The van der Waals surface area contributed by atoms with Gasteiger partial charge in [0, 0.05) is 25.0 Å². The zero-order chi connectivity index (χ0) is 13.9. The third-order valence-electron chi connectivity index (χ3n) is 2.88. The summed E-state index contributed by atoms with van der Waals surface area (Å²) in [5, 5.41) is 0. The van der Waals surface area contributed by atoms with Crippen molar-refractivity contribution >= 4 is 10.0 Å². The van der Waals surface area contributed by atoms with Crippen molar-refractivity contribution in [1.82, 2.24) is 8.87 Å². The van der Waals surface area contributed by atoms with Gasteiger partial charge in [-0.1, -0.05) is 30.3 Å². The first-order valence-corrected chi connectivity index (χ1v) is 7.91. The van der Waals surface area contributed by atoms with E-state index in [1.807, 2.05) is 31.3 Å². The molecule has 2 rings (SSSR count). The SMILES string of the molecule is CN(Cc1ccccc1)Cc1cccn1S(C)(=O)=O. The van der Waals surface area contributed by atoms with Crippen LogP contribution in [0.25, 0.3) is 0 Å². The highest BCUT2D eigenvalue weighted by atomic mass is 32.2. The smallest absolute Gasteiger partial charge is 0.235 e. The summed E-state index contributed by atoms with van der Waals surface area (Å²) in [7, 11) is -1.24. The minimum atomic E-state index is -3.22. The molecular formula is C14H18N2O2S. The molecule has 1 aromatic carbocycles. The van der Waals surface area contributed by atoms with E-state index < -0.39 is 10.0 Å². The Bertz CT molecular complexity index is 632. The van der Waals surface area contributed by atoms with Gasteiger partial charge in [-0.25, -0.2) is 12.4 Å². The zero-order valence-electron chi connectivity index (χ0n) is 11.2. The maximum atomic E-state index is 11.6. The van der Waals surface area contributed by atoms with Crippen molar-refractivity contribution in [2.75, 3.05) is 13.3 Å². The topological polar surface area (TPSA) is 42.3 Å². The van der Waals surface area contributed by atoms with E-state index in [-0.39, 0.29) is 0 Å². The predicted octanol–water partition coefficient (Wildman–Crippen LogP) is 1.93. The van der Waals surface area contributed by atoms with Crippen LogP contribution in [0.5, 0.6) is 0 Å². The van der Waals surface area contributed by atoms with Gasteiger partial charge in [0.2, 0.25) is 10.0 Å². The first-order chi connectivity index (χ1) is 8.97. The van der Waals surface area contributed by atoms with E-state index in [0.29, 0.717) is 6.54 Å². The summed E-state index contributed by atoms with van der Waals surface area (Å²) in [5.41, 5.74) is 1.99. The molecule has 0 atom stereocenters. The predicted molar refractivity (Wildman–Crippen MR) is 76.3 cm³/mol. The summed E-state index contributed by atoms with van der Waals surface area (Å²) in [6.45, 7) is 1.38. The van der Waals surface area contributed by atoms with Crippen LogP contribution < -0.4 is 0 Å². The van der Waals surface area contributed by atoms with Crippen LogP contribution >= 0.6 is 0 Å². The van der Waals surface area contributed by atoms with Gasteiger partial charge < -0.3 is 0 Å². The number of hydrogen-bond acceptors (Lipinski definition) is 3. The fourth-order valence-corrected chi connectivity index (χ4v) is 2.91.